The highest BCUT2D eigenvalue weighted by Gasteiger charge is 2.10. The van der Waals surface area contributed by atoms with Gasteiger partial charge in [0, 0.05) is 15.1 Å². The summed E-state index contributed by atoms with van der Waals surface area (Å²) in [6.07, 6.45) is 0. The van der Waals surface area contributed by atoms with Crippen molar-refractivity contribution in [3.05, 3.63) is 63.6 Å². The molecule has 0 atom stereocenters. The van der Waals surface area contributed by atoms with Gasteiger partial charge in [-0.3, -0.25) is 0 Å². The molecule has 7 heteroatoms. The summed E-state index contributed by atoms with van der Waals surface area (Å²) in [5.74, 6) is 0.531. The van der Waals surface area contributed by atoms with Crippen LogP contribution in [0.4, 0.5) is 0 Å². The third kappa shape index (κ3) is 3.40. The first-order chi connectivity index (χ1) is 10.2. The largest absolute Gasteiger partial charge is 0.389 e. The van der Waals surface area contributed by atoms with Gasteiger partial charge in [0.2, 0.25) is 5.82 Å². The van der Waals surface area contributed by atoms with Crippen LogP contribution >= 0.6 is 27.5 Å². The molecule has 0 N–H and O–H groups in total. The predicted molar refractivity (Wildman–Crippen MR) is 82.7 cm³/mol. The molecule has 0 spiro atoms. The number of tetrazole rings is 1. The number of benzene rings is 2. The number of nitrogens with zero attached hydrogens (tertiary/aromatic N) is 4. The maximum absolute atomic E-state index is 5.87. The summed E-state index contributed by atoms with van der Waals surface area (Å²) in [7, 11) is 0. The molecule has 0 amide bonds. The van der Waals surface area contributed by atoms with Crippen LogP contribution in [0.5, 0.6) is 0 Å². The topological polar surface area (TPSA) is 52.8 Å². The van der Waals surface area contributed by atoms with Crippen molar-refractivity contribution in [1.82, 2.24) is 20.4 Å². The minimum absolute atomic E-state index is 0.374. The van der Waals surface area contributed by atoms with E-state index in [1.54, 1.807) is 12.1 Å². The van der Waals surface area contributed by atoms with Gasteiger partial charge in [0.05, 0.1) is 0 Å². The SMILES string of the molecule is Clc1ccc(-c2nnnn2OCc2ccc(Br)cc2)cc1. The van der Waals surface area contributed by atoms with Crippen LogP contribution in [-0.2, 0) is 6.61 Å². The van der Waals surface area contributed by atoms with Crippen LogP contribution < -0.4 is 4.84 Å². The molecule has 0 unspecified atom stereocenters. The van der Waals surface area contributed by atoms with Gasteiger partial charge in [-0.05, 0) is 52.4 Å². The van der Waals surface area contributed by atoms with Crippen molar-refractivity contribution in [1.29, 1.82) is 0 Å². The fourth-order valence-corrected chi connectivity index (χ4v) is 2.14. The van der Waals surface area contributed by atoms with Gasteiger partial charge >= 0.3 is 0 Å². The molecule has 21 heavy (non-hydrogen) atoms. The number of hydrogen-bond acceptors (Lipinski definition) is 4. The quantitative estimate of drug-likeness (QED) is 0.711. The lowest BCUT2D eigenvalue weighted by atomic mass is 10.2. The fourth-order valence-electron chi connectivity index (χ4n) is 1.75. The molecule has 0 aliphatic rings. The number of halogens is 2. The molecule has 0 aliphatic heterocycles. The van der Waals surface area contributed by atoms with Crippen LogP contribution in [-0.4, -0.2) is 20.4 Å². The maximum atomic E-state index is 5.87. The minimum atomic E-state index is 0.374. The van der Waals surface area contributed by atoms with Gasteiger partial charge in [0.15, 0.2) is 0 Å². The molecular formula is C14H10BrClN4O. The Morgan fingerprint density at radius 1 is 1.05 bits per heavy atom. The van der Waals surface area contributed by atoms with Gasteiger partial charge in [-0.1, -0.05) is 44.5 Å². The Bertz CT molecular complexity index is 727. The van der Waals surface area contributed by atoms with Crippen LogP contribution in [0.3, 0.4) is 0 Å². The van der Waals surface area contributed by atoms with Crippen LogP contribution in [0.2, 0.25) is 5.02 Å². The molecule has 0 bridgehead atoms. The lowest BCUT2D eigenvalue weighted by Crippen LogP contribution is -2.14. The first-order valence-corrected chi connectivity index (χ1v) is 7.31. The average molecular weight is 366 g/mol. The van der Waals surface area contributed by atoms with Crippen molar-refractivity contribution in [3.8, 4) is 11.4 Å². The van der Waals surface area contributed by atoms with Crippen LogP contribution in [0, 0.1) is 0 Å². The Labute approximate surface area is 134 Å². The van der Waals surface area contributed by atoms with E-state index in [1.165, 1.54) is 4.85 Å². The van der Waals surface area contributed by atoms with E-state index < -0.39 is 0 Å². The van der Waals surface area contributed by atoms with Gasteiger partial charge in [-0.2, -0.15) is 0 Å². The Kier molecular flexibility index (Phi) is 4.17. The van der Waals surface area contributed by atoms with Crippen molar-refractivity contribution < 1.29 is 4.84 Å². The van der Waals surface area contributed by atoms with Gasteiger partial charge < -0.3 is 4.84 Å². The molecule has 0 saturated heterocycles. The van der Waals surface area contributed by atoms with Crippen molar-refractivity contribution in [2.45, 2.75) is 6.61 Å². The van der Waals surface area contributed by atoms with Crippen molar-refractivity contribution in [2.24, 2.45) is 0 Å². The Morgan fingerprint density at radius 2 is 1.76 bits per heavy atom. The van der Waals surface area contributed by atoms with Crippen molar-refractivity contribution in [2.75, 3.05) is 0 Å². The molecule has 106 valence electrons. The molecule has 5 nitrogen and oxygen atoms in total. The van der Waals surface area contributed by atoms with E-state index in [0.29, 0.717) is 17.5 Å². The Morgan fingerprint density at radius 3 is 2.48 bits per heavy atom. The summed E-state index contributed by atoms with van der Waals surface area (Å²) in [5.41, 5.74) is 1.86. The van der Waals surface area contributed by atoms with Crippen molar-refractivity contribution >= 4 is 27.5 Å². The normalized spacial score (nSPS) is 10.6. The van der Waals surface area contributed by atoms with E-state index in [0.717, 1.165) is 15.6 Å². The van der Waals surface area contributed by atoms with Gasteiger partial charge in [-0.25, -0.2) is 0 Å². The van der Waals surface area contributed by atoms with Gasteiger partial charge in [0.1, 0.15) is 6.61 Å². The number of rotatable bonds is 4. The summed E-state index contributed by atoms with van der Waals surface area (Å²) in [6.45, 7) is 0.374. The molecule has 1 heterocycles. The average Bonchev–Trinajstić information content (AvgIpc) is 2.96. The molecular weight excluding hydrogens is 356 g/mol. The molecule has 3 rings (SSSR count). The zero-order valence-electron chi connectivity index (χ0n) is 10.8. The first-order valence-electron chi connectivity index (χ1n) is 6.14. The van der Waals surface area contributed by atoms with E-state index in [4.69, 9.17) is 16.4 Å². The highest BCUT2D eigenvalue weighted by molar-refractivity contribution is 9.10. The summed E-state index contributed by atoms with van der Waals surface area (Å²) < 4.78 is 1.02. The van der Waals surface area contributed by atoms with E-state index in [2.05, 4.69) is 31.5 Å². The highest BCUT2D eigenvalue weighted by atomic mass is 79.9. The van der Waals surface area contributed by atoms with E-state index >= 15 is 0 Å². The molecule has 2 aromatic carbocycles. The first kappa shape index (κ1) is 14.0. The van der Waals surface area contributed by atoms with E-state index in [-0.39, 0.29) is 0 Å². The lowest BCUT2D eigenvalue weighted by molar-refractivity contribution is 0.0695. The highest BCUT2D eigenvalue weighted by Crippen LogP contribution is 2.18. The molecule has 1 aromatic heterocycles. The molecule has 0 aliphatic carbocycles. The second-order valence-corrected chi connectivity index (χ2v) is 5.63. The molecule has 0 radical (unpaired) electrons. The second-order valence-electron chi connectivity index (χ2n) is 4.28. The fraction of sp³-hybridized carbons (Fsp3) is 0.0714. The van der Waals surface area contributed by atoms with Gasteiger partial charge in [-0.15, -0.1) is 5.10 Å². The molecule has 3 aromatic rings. The van der Waals surface area contributed by atoms with E-state index in [9.17, 15) is 0 Å². The smallest absolute Gasteiger partial charge is 0.222 e. The minimum Gasteiger partial charge on any atom is -0.389 e. The predicted octanol–water partition coefficient (Wildman–Crippen LogP) is 3.38. The van der Waals surface area contributed by atoms with Gasteiger partial charge in [0.25, 0.3) is 0 Å². The van der Waals surface area contributed by atoms with Crippen LogP contribution in [0.15, 0.2) is 53.0 Å². The maximum Gasteiger partial charge on any atom is 0.222 e. The van der Waals surface area contributed by atoms with Crippen molar-refractivity contribution in [3.63, 3.8) is 0 Å². The Hall–Kier alpha value is -1.92. The number of aromatic nitrogens is 4. The zero-order chi connectivity index (χ0) is 14.7. The standard InChI is InChI=1S/C14H10BrClN4O/c15-12-5-1-10(2-6-12)9-21-20-14(17-18-19-20)11-3-7-13(16)8-4-11/h1-8H,9H2. The van der Waals surface area contributed by atoms with E-state index in [1.807, 2.05) is 36.4 Å². The summed E-state index contributed by atoms with van der Waals surface area (Å²) in [6, 6.07) is 15.1. The monoisotopic (exact) mass is 364 g/mol. The summed E-state index contributed by atoms with van der Waals surface area (Å²) in [4.78, 5) is 6.93. The molecule has 0 saturated carbocycles. The number of hydrogen-bond donors (Lipinski definition) is 0. The Balaban J connectivity index is 1.76. The van der Waals surface area contributed by atoms with Crippen LogP contribution in [0.25, 0.3) is 11.4 Å². The lowest BCUT2D eigenvalue weighted by Gasteiger charge is -2.07. The summed E-state index contributed by atoms with van der Waals surface area (Å²) in [5, 5.41) is 12.1. The van der Waals surface area contributed by atoms with Crippen LogP contribution in [0.1, 0.15) is 5.56 Å². The zero-order valence-corrected chi connectivity index (χ0v) is 13.1. The third-order valence-corrected chi connectivity index (χ3v) is 3.59. The third-order valence-electron chi connectivity index (χ3n) is 2.81. The molecule has 0 fully saturated rings. The second kappa shape index (κ2) is 6.24. The summed E-state index contributed by atoms with van der Waals surface area (Å²) >= 11 is 9.27.